The van der Waals surface area contributed by atoms with Gasteiger partial charge in [-0.05, 0) is 56.6 Å². The van der Waals surface area contributed by atoms with E-state index in [1.807, 2.05) is 24.3 Å². The standard InChI is InChI=1S/C28H37NO3/c1-2-3-4-5-6-7-8-9-10-11-12-13-14-15-16-21-27(30)29-23-24(22-28(31)32)25-19-17-18-20-26(25)29/h6-7,9-10,12-13,17-20,23H,2-5,8,11,14-16,21-22H2,1H3,(H,31,32). The molecular formula is C28H37NO3. The molecule has 0 aliphatic rings. The lowest BCUT2D eigenvalue weighted by molar-refractivity contribution is -0.136. The molecule has 0 aliphatic carbocycles. The zero-order valence-electron chi connectivity index (χ0n) is 19.3. The van der Waals surface area contributed by atoms with Gasteiger partial charge in [-0.2, -0.15) is 0 Å². The zero-order chi connectivity index (χ0) is 23.0. The van der Waals surface area contributed by atoms with Gasteiger partial charge in [-0.3, -0.25) is 14.2 Å². The molecule has 4 heteroatoms. The number of carbonyl (C=O) groups is 2. The van der Waals surface area contributed by atoms with Gasteiger partial charge >= 0.3 is 5.97 Å². The van der Waals surface area contributed by atoms with Crippen molar-refractivity contribution in [3.8, 4) is 0 Å². The molecule has 0 radical (unpaired) electrons. The van der Waals surface area contributed by atoms with Crippen molar-refractivity contribution in [2.24, 2.45) is 0 Å². The van der Waals surface area contributed by atoms with Gasteiger partial charge < -0.3 is 5.11 Å². The molecule has 0 unspecified atom stereocenters. The molecule has 0 spiro atoms. The van der Waals surface area contributed by atoms with Crippen molar-refractivity contribution in [2.45, 2.75) is 77.6 Å². The van der Waals surface area contributed by atoms with Crippen LogP contribution in [0, 0.1) is 0 Å². The molecule has 0 atom stereocenters. The van der Waals surface area contributed by atoms with Crippen molar-refractivity contribution in [2.75, 3.05) is 0 Å². The Kier molecular flexibility index (Phi) is 11.9. The molecule has 1 heterocycles. The van der Waals surface area contributed by atoms with Crippen LogP contribution in [0.1, 0.15) is 81.5 Å². The van der Waals surface area contributed by atoms with Gasteiger partial charge in [0.2, 0.25) is 5.91 Å². The van der Waals surface area contributed by atoms with E-state index in [2.05, 4.69) is 43.4 Å². The number of aliphatic carboxylic acids is 1. The second-order valence-corrected chi connectivity index (χ2v) is 8.13. The third kappa shape index (κ3) is 9.09. The van der Waals surface area contributed by atoms with Gasteiger partial charge in [-0.15, -0.1) is 0 Å². The van der Waals surface area contributed by atoms with Gasteiger partial charge in [0.05, 0.1) is 11.9 Å². The quantitative estimate of drug-likeness (QED) is 0.233. The van der Waals surface area contributed by atoms with Gasteiger partial charge in [-0.1, -0.05) is 74.4 Å². The molecule has 0 bridgehead atoms. The predicted molar refractivity (Wildman–Crippen MR) is 133 cm³/mol. The van der Waals surface area contributed by atoms with Gasteiger partial charge in [0.1, 0.15) is 0 Å². The number of fused-ring (bicyclic) bond motifs is 1. The maximum absolute atomic E-state index is 12.7. The Hall–Kier alpha value is -2.88. The molecule has 172 valence electrons. The topological polar surface area (TPSA) is 59.3 Å². The number of nitrogens with zero attached hydrogens (tertiary/aromatic N) is 1. The van der Waals surface area contributed by atoms with Gasteiger partial charge in [-0.25, -0.2) is 0 Å². The fourth-order valence-corrected chi connectivity index (χ4v) is 3.71. The minimum absolute atomic E-state index is 0.0208. The second kappa shape index (κ2) is 15.0. The van der Waals surface area contributed by atoms with Crippen LogP contribution in [0.5, 0.6) is 0 Å². The van der Waals surface area contributed by atoms with Crippen LogP contribution in [-0.4, -0.2) is 21.6 Å². The number of aromatic nitrogens is 1. The van der Waals surface area contributed by atoms with Crippen LogP contribution in [0.25, 0.3) is 10.9 Å². The molecular weight excluding hydrogens is 398 g/mol. The average Bonchev–Trinajstić information content (AvgIpc) is 3.14. The van der Waals surface area contributed by atoms with E-state index in [4.69, 9.17) is 5.11 Å². The molecule has 1 aromatic heterocycles. The van der Waals surface area contributed by atoms with Crippen molar-refractivity contribution in [1.82, 2.24) is 4.57 Å². The van der Waals surface area contributed by atoms with Crippen LogP contribution in [0.2, 0.25) is 0 Å². The highest BCUT2D eigenvalue weighted by Gasteiger charge is 2.14. The number of hydrogen-bond donors (Lipinski definition) is 1. The first-order valence-corrected chi connectivity index (χ1v) is 11.9. The smallest absolute Gasteiger partial charge is 0.307 e. The molecule has 1 N–H and O–H groups in total. The minimum atomic E-state index is -0.888. The van der Waals surface area contributed by atoms with Crippen molar-refractivity contribution in [1.29, 1.82) is 0 Å². The van der Waals surface area contributed by atoms with E-state index in [1.54, 1.807) is 10.8 Å². The maximum atomic E-state index is 12.7. The fourth-order valence-electron chi connectivity index (χ4n) is 3.71. The Morgan fingerprint density at radius 2 is 1.50 bits per heavy atom. The summed E-state index contributed by atoms with van der Waals surface area (Å²) in [4.78, 5) is 23.8. The van der Waals surface area contributed by atoms with Crippen LogP contribution in [-0.2, 0) is 11.2 Å². The summed E-state index contributed by atoms with van der Waals surface area (Å²) in [6.45, 7) is 2.23. The Labute approximate surface area is 192 Å². The van der Waals surface area contributed by atoms with Crippen LogP contribution >= 0.6 is 0 Å². The molecule has 0 aliphatic heterocycles. The third-order valence-electron chi connectivity index (χ3n) is 5.43. The SMILES string of the molecule is CCCCCC=CCC=CCC=CCCCCC(=O)n1cc(CC(=O)O)c2ccccc21. The second-order valence-electron chi connectivity index (χ2n) is 8.13. The summed E-state index contributed by atoms with van der Waals surface area (Å²) in [6, 6.07) is 7.49. The third-order valence-corrected chi connectivity index (χ3v) is 5.43. The monoisotopic (exact) mass is 435 g/mol. The van der Waals surface area contributed by atoms with Crippen LogP contribution in [0.15, 0.2) is 66.9 Å². The number of rotatable bonds is 15. The van der Waals surface area contributed by atoms with E-state index >= 15 is 0 Å². The van der Waals surface area contributed by atoms with Crippen LogP contribution in [0.4, 0.5) is 0 Å². The van der Waals surface area contributed by atoms with E-state index in [1.165, 1.54) is 25.7 Å². The van der Waals surface area contributed by atoms with E-state index in [0.717, 1.165) is 43.0 Å². The Morgan fingerprint density at radius 1 is 0.875 bits per heavy atom. The summed E-state index contributed by atoms with van der Waals surface area (Å²) in [6.07, 6.45) is 25.1. The summed E-state index contributed by atoms with van der Waals surface area (Å²) < 4.78 is 1.62. The molecule has 32 heavy (non-hydrogen) atoms. The lowest BCUT2D eigenvalue weighted by atomic mass is 10.1. The maximum Gasteiger partial charge on any atom is 0.307 e. The number of para-hydroxylation sites is 1. The number of hydrogen-bond acceptors (Lipinski definition) is 2. The predicted octanol–water partition coefficient (Wildman–Crippen LogP) is 7.50. The van der Waals surface area contributed by atoms with E-state index < -0.39 is 5.97 Å². The molecule has 0 saturated heterocycles. The molecule has 4 nitrogen and oxygen atoms in total. The summed E-state index contributed by atoms with van der Waals surface area (Å²) in [5.41, 5.74) is 1.47. The minimum Gasteiger partial charge on any atom is -0.481 e. The summed E-state index contributed by atoms with van der Waals surface area (Å²) in [5, 5.41) is 9.96. The van der Waals surface area contributed by atoms with Crippen molar-refractivity contribution >= 4 is 22.8 Å². The molecule has 0 saturated carbocycles. The molecule has 0 amide bonds. The summed E-state index contributed by atoms with van der Waals surface area (Å²) in [7, 11) is 0. The normalized spacial score (nSPS) is 12.0. The lowest BCUT2D eigenvalue weighted by Crippen LogP contribution is -2.09. The van der Waals surface area contributed by atoms with E-state index in [-0.39, 0.29) is 12.3 Å². The number of unbranched alkanes of at least 4 members (excludes halogenated alkanes) is 5. The Morgan fingerprint density at radius 3 is 2.16 bits per heavy atom. The van der Waals surface area contributed by atoms with Gasteiger partial charge in [0, 0.05) is 18.0 Å². The van der Waals surface area contributed by atoms with E-state index in [0.29, 0.717) is 12.0 Å². The number of carbonyl (C=O) groups excluding carboxylic acids is 1. The van der Waals surface area contributed by atoms with Gasteiger partial charge in [0.15, 0.2) is 0 Å². The highest BCUT2D eigenvalue weighted by atomic mass is 16.4. The number of carboxylic acids is 1. The first kappa shape index (κ1) is 25.4. The number of benzene rings is 1. The van der Waals surface area contributed by atoms with Crippen molar-refractivity contribution in [3.63, 3.8) is 0 Å². The van der Waals surface area contributed by atoms with Crippen LogP contribution < -0.4 is 0 Å². The first-order valence-electron chi connectivity index (χ1n) is 11.9. The average molecular weight is 436 g/mol. The largest absolute Gasteiger partial charge is 0.481 e. The summed E-state index contributed by atoms with van der Waals surface area (Å²) in [5.74, 6) is -0.867. The lowest BCUT2D eigenvalue weighted by Gasteiger charge is -2.03. The Bertz CT molecular complexity index is 933. The highest BCUT2D eigenvalue weighted by Crippen LogP contribution is 2.22. The Balaban J connectivity index is 1.66. The molecule has 2 aromatic rings. The van der Waals surface area contributed by atoms with Crippen molar-refractivity contribution in [3.05, 3.63) is 72.5 Å². The van der Waals surface area contributed by atoms with Crippen molar-refractivity contribution < 1.29 is 14.7 Å². The highest BCUT2D eigenvalue weighted by molar-refractivity contribution is 5.95. The zero-order valence-corrected chi connectivity index (χ0v) is 19.3. The molecule has 2 rings (SSSR count). The number of carboxylic acid groups (broad SMARTS) is 1. The summed E-state index contributed by atoms with van der Waals surface area (Å²) >= 11 is 0. The molecule has 1 aromatic carbocycles. The first-order chi connectivity index (χ1) is 15.6. The molecule has 0 fully saturated rings. The fraction of sp³-hybridized carbons (Fsp3) is 0.429. The number of allylic oxidation sites excluding steroid dienone is 6. The van der Waals surface area contributed by atoms with E-state index in [9.17, 15) is 9.59 Å². The van der Waals surface area contributed by atoms with Gasteiger partial charge in [0.25, 0.3) is 0 Å². The van der Waals surface area contributed by atoms with Crippen LogP contribution in [0.3, 0.4) is 0 Å².